The minimum atomic E-state index is -1.66. The fourth-order valence-electron chi connectivity index (χ4n) is 2.00. The number of carbonyl (C=O) groups excluding carboxylic acids is 2. The molecule has 0 radical (unpaired) electrons. The lowest BCUT2D eigenvalue weighted by Crippen LogP contribution is -2.31. The largest absolute Gasteiger partial charge is 0.350 e. The fourth-order valence-corrected chi connectivity index (χ4v) is 2.00. The maximum absolute atomic E-state index is 13.6. The van der Waals surface area contributed by atoms with Gasteiger partial charge in [0.15, 0.2) is 17.5 Å². The van der Waals surface area contributed by atoms with Gasteiger partial charge in [-0.25, -0.2) is 13.2 Å². The van der Waals surface area contributed by atoms with Crippen molar-refractivity contribution in [3.63, 3.8) is 0 Å². The summed E-state index contributed by atoms with van der Waals surface area (Å²) in [6.07, 6.45) is 0.784. The van der Waals surface area contributed by atoms with Crippen molar-refractivity contribution in [3.8, 4) is 0 Å². The third-order valence-electron chi connectivity index (χ3n) is 3.68. The van der Waals surface area contributed by atoms with Gasteiger partial charge in [0.1, 0.15) is 0 Å². The van der Waals surface area contributed by atoms with Crippen LogP contribution in [0.5, 0.6) is 0 Å². The van der Waals surface area contributed by atoms with Gasteiger partial charge in [0.25, 0.3) is 11.8 Å². The third-order valence-corrected chi connectivity index (χ3v) is 3.68. The maximum atomic E-state index is 13.6. The van der Waals surface area contributed by atoms with Crippen molar-refractivity contribution in [1.82, 2.24) is 5.32 Å². The molecule has 0 fully saturated rings. The summed E-state index contributed by atoms with van der Waals surface area (Å²) in [5, 5.41) is 4.95. The number of nitrogens with one attached hydrogen (secondary N) is 2. The first-order valence-electron chi connectivity index (χ1n) is 7.69. The Morgan fingerprint density at radius 3 is 2.04 bits per heavy atom. The van der Waals surface area contributed by atoms with Crippen LogP contribution >= 0.6 is 0 Å². The number of benzene rings is 2. The van der Waals surface area contributed by atoms with Crippen molar-refractivity contribution >= 4 is 17.5 Å². The molecule has 132 valence electrons. The van der Waals surface area contributed by atoms with Gasteiger partial charge in [-0.3, -0.25) is 9.59 Å². The highest BCUT2D eigenvalue weighted by Gasteiger charge is 2.16. The van der Waals surface area contributed by atoms with Crippen LogP contribution in [0, 0.1) is 17.5 Å². The van der Waals surface area contributed by atoms with Gasteiger partial charge in [-0.2, -0.15) is 0 Å². The summed E-state index contributed by atoms with van der Waals surface area (Å²) in [7, 11) is 0. The van der Waals surface area contributed by atoms with Crippen LogP contribution in [0.2, 0.25) is 0 Å². The number of anilines is 1. The average Bonchev–Trinajstić information content (AvgIpc) is 2.62. The molecule has 2 amide bonds. The molecule has 1 unspecified atom stereocenters. The lowest BCUT2D eigenvalue weighted by atomic mass is 10.1. The topological polar surface area (TPSA) is 58.2 Å². The highest BCUT2D eigenvalue weighted by molar-refractivity contribution is 6.05. The predicted octanol–water partition coefficient (Wildman–Crippen LogP) is 3.88. The lowest BCUT2D eigenvalue weighted by molar-refractivity contribution is 0.0937. The summed E-state index contributed by atoms with van der Waals surface area (Å²) < 4.78 is 39.6. The van der Waals surface area contributed by atoms with Crippen molar-refractivity contribution in [1.29, 1.82) is 0 Å². The molecule has 0 aliphatic rings. The lowest BCUT2D eigenvalue weighted by Gasteiger charge is -2.11. The van der Waals surface area contributed by atoms with Crippen LogP contribution in [0.4, 0.5) is 18.9 Å². The molecule has 2 aromatic carbocycles. The molecular formula is C18H17F3N2O2. The summed E-state index contributed by atoms with van der Waals surface area (Å²) in [6.45, 7) is 3.81. The molecule has 0 aromatic heterocycles. The van der Waals surface area contributed by atoms with E-state index in [4.69, 9.17) is 0 Å². The molecule has 0 saturated carbocycles. The van der Waals surface area contributed by atoms with Gasteiger partial charge < -0.3 is 10.6 Å². The normalized spacial score (nSPS) is 11.7. The molecule has 1 atom stereocenters. The van der Waals surface area contributed by atoms with E-state index in [9.17, 15) is 22.8 Å². The number of amides is 2. The molecule has 2 rings (SSSR count). The number of hydrogen-bond donors (Lipinski definition) is 2. The Bertz CT molecular complexity index is 792. The molecule has 25 heavy (non-hydrogen) atoms. The fraction of sp³-hybridized carbons (Fsp3) is 0.222. The average molecular weight is 350 g/mol. The summed E-state index contributed by atoms with van der Waals surface area (Å²) in [4.78, 5) is 24.0. The number of halogens is 3. The molecule has 0 bridgehead atoms. The zero-order valence-corrected chi connectivity index (χ0v) is 13.7. The van der Waals surface area contributed by atoms with Crippen molar-refractivity contribution in [2.24, 2.45) is 0 Å². The predicted molar refractivity (Wildman–Crippen MR) is 87.9 cm³/mol. The van der Waals surface area contributed by atoms with Crippen LogP contribution in [0.25, 0.3) is 0 Å². The molecule has 7 heteroatoms. The molecule has 0 aliphatic carbocycles. The minimum absolute atomic E-state index is 0.0202. The van der Waals surface area contributed by atoms with E-state index in [2.05, 4.69) is 10.6 Å². The smallest absolute Gasteiger partial charge is 0.255 e. The Kier molecular flexibility index (Phi) is 5.80. The van der Waals surface area contributed by atoms with Crippen molar-refractivity contribution < 1.29 is 22.8 Å². The van der Waals surface area contributed by atoms with Crippen LogP contribution in [-0.2, 0) is 0 Å². The van der Waals surface area contributed by atoms with Crippen LogP contribution in [0.15, 0.2) is 36.4 Å². The van der Waals surface area contributed by atoms with E-state index in [1.807, 2.05) is 13.8 Å². The molecular weight excluding hydrogens is 333 g/mol. The third kappa shape index (κ3) is 4.37. The first-order chi connectivity index (χ1) is 11.8. The second-order valence-corrected chi connectivity index (χ2v) is 5.54. The SMILES string of the molecule is CCC(C)NC(=O)c1ccc(C(=O)Nc2ccc(F)c(F)c2F)cc1. The van der Waals surface area contributed by atoms with Gasteiger partial charge in [0, 0.05) is 17.2 Å². The van der Waals surface area contributed by atoms with Crippen molar-refractivity contribution in [3.05, 3.63) is 65.0 Å². The summed E-state index contributed by atoms with van der Waals surface area (Å²) >= 11 is 0. The number of hydrogen-bond acceptors (Lipinski definition) is 2. The van der Waals surface area contributed by atoms with Gasteiger partial charge in [0.05, 0.1) is 5.69 Å². The van der Waals surface area contributed by atoms with Crippen LogP contribution in [0.3, 0.4) is 0 Å². The molecule has 0 spiro atoms. The van der Waals surface area contributed by atoms with Gasteiger partial charge in [-0.05, 0) is 49.7 Å². The molecule has 0 heterocycles. The number of rotatable bonds is 5. The van der Waals surface area contributed by atoms with E-state index in [1.54, 1.807) is 0 Å². The molecule has 2 N–H and O–H groups in total. The first kappa shape index (κ1) is 18.5. The Hall–Kier alpha value is -2.83. The monoisotopic (exact) mass is 350 g/mol. The van der Waals surface area contributed by atoms with E-state index < -0.39 is 29.0 Å². The van der Waals surface area contributed by atoms with Gasteiger partial charge in [0.2, 0.25) is 0 Å². The van der Waals surface area contributed by atoms with E-state index in [0.29, 0.717) is 5.56 Å². The Labute approximate surface area is 143 Å². The van der Waals surface area contributed by atoms with E-state index in [-0.39, 0.29) is 17.5 Å². The van der Waals surface area contributed by atoms with E-state index in [1.165, 1.54) is 24.3 Å². The summed E-state index contributed by atoms with van der Waals surface area (Å²) in [5.41, 5.74) is 0.0440. The van der Waals surface area contributed by atoms with E-state index >= 15 is 0 Å². The Morgan fingerprint density at radius 1 is 0.920 bits per heavy atom. The summed E-state index contributed by atoms with van der Waals surface area (Å²) in [6, 6.07) is 7.35. The van der Waals surface area contributed by atoms with Gasteiger partial charge in [-0.1, -0.05) is 6.92 Å². The van der Waals surface area contributed by atoms with Gasteiger partial charge >= 0.3 is 0 Å². The molecule has 2 aromatic rings. The minimum Gasteiger partial charge on any atom is -0.350 e. The zero-order chi connectivity index (χ0) is 18.6. The van der Waals surface area contributed by atoms with Crippen molar-refractivity contribution in [2.45, 2.75) is 26.3 Å². The summed E-state index contributed by atoms with van der Waals surface area (Å²) in [5.74, 6) is -5.45. The Morgan fingerprint density at radius 2 is 1.48 bits per heavy atom. The number of carbonyl (C=O) groups is 2. The molecule has 0 saturated heterocycles. The molecule has 0 aliphatic heterocycles. The second kappa shape index (κ2) is 7.83. The van der Waals surface area contributed by atoms with Crippen LogP contribution < -0.4 is 10.6 Å². The highest BCUT2D eigenvalue weighted by atomic mass is 19.2. The quantitative estimate of drug-likeness (QED) is 0.804. The standard InChI is InChI=1S/C18H17F3N2O2/c1-3-10(2)22-17(24)11-4-6-12(7-5-11)18(25)23-14-9-8-13(19)15(20)16(14)21/h4-10H,3H2,1-2H3,(H,22,24)(H,23,25). The zero-order valence-electron chi connectivity index (χ0n) is 13.7. The Balaban J connectivity index is 2.11. The van der Waals surface area contributed by atoms with E-state index in [0.717, 1.165) is 18.6 Å². The maximum Gasteiger partial charge on any atom is 0.255 e. The highest BCUT2D eigenvalue weighted by Crippen LogP contribution is 2.20. The van der Waals surface area contributed by atoms with Crippen LogP contribution in [-0.4, -0.2) is 17.9 Å². The molecule has 4 nitrogen and oxygen atoms in total. The first-order valence-corrected chi connectivity index (χ1v) is 7.69. The van der Waals surface area contributed by atoms with Gasteiger partial charge in [-0.15, -0.1) is 0 Å². The van der Waals surface area contributed by atoms with Crippen LogP contribution in [0.1, 0.15) is 41.0 Å². The second-order valence-electron chi connectivity index (χ2n) is 5.54. The van der Waals surface area contributed by atoms with Crippen molar-refractivity contribution in [2.75, 3.05) is 5.32 Å².